The number of hydrogen-bond donors (Lipinski definition) is 1. The van der Waals surface area contributed by atoms with Crippen LogP contribution in [0.15, 0.2) is 54.9 Å². The van der Waals surface area contributed by atoms with Gasteiger partial charge < -0.3 is 5.32 Å². The number of nitrogens with zero attached hydrogens (tertiary/aromatic N) is 4. The van der Waals surface area contributed by atoms with Gasteiger partial charge >= 0.3 is 0 Å². The van der Waals surface area contributed by atoms with E-state index in [1.807, 2.05) is 23.9 Å². The fraction of sp³-hybridized carbons (Fsp3) is 0.227. The summed E-state index contributed by atoms with van der Waals surface area (Å²) in [5.74, 6) is 0.790. The van der Waals surface area contributed by atoms with Crippen LogP contribution in [0.25, 0.3) is 16.5 Å². The molecular weight excluding hydrogens is 334 g/mol. The molecule has 0 aliphatic rings. The summed E-state index contributed by atoms with van der Waals surface area (Å²) in [7, 11) is 0. The number of aromatic nitrogens is 4. The molecular formula is C22H23N5. The van der Waals surface area contributed by atoms with Gasteiger partial charge in [0, 0.05) is 23.2 Å². The van der Waals surface area contributed by atoms with Crippen LogP contribution >= 0.6 is 0 Å². The van der Waals surface area contributed by atoms with E-state index in [1.54, 1.807) is 6.20 Å². The lowest BCUT2D eigenvalue weighted by Gasteiger charge is -2.19. The molecule has 136 valence electrons. The average Bonchev–Trinajstić information content (AvgIpc) is 3.21. The number of aryl methyl sites for hydroxylation is 2. The smallest absolute Gasteiger partial charge is 0.157 e. The summed E-state index contributed by atoms with van der Waals surface area (Å²) < 4.78 is 1.85. The summed E-state index contributed by atoms with van der Waals surface area (Å²) in [6.07, 6.45) is 3.72. The number of rotatable bonds is 4. The normalized spacial score (nSPS) is 12.3. The zero-order valence-corrected chi connectivity index (χ0v) is 16.1. The van der Waals surface area contributed by atoms with Crippen LogP contribution in [-0.4, -0.2) is 20.0 Å². The molecule has 27 heavy (non-hydrogen) atoms. The largest absolute Gasteiger partial charge is 0.362 e. The van der Waals surface area contributed by atoms with E-state index in [-0.39, 0.29) is 6.04 Å². The maximum atomic E-state index is 4.46. The SMILES string of the molecule is Cc1cccc([C@@H](C)Nc2nnc(C)c3ccc(-n4cccn4)cc23)c1C. The number of nitrogens with one attached hydrogen (secondary N) is 1. The zero-order valence-electron chi connectivity index (χ0n) is 16.1. The molecule has 1 atom stereocenters. The maximum Gasteiger partial charge on any atom is 0.157 e. The quantitative estimate of drug-likeness (QED) is 0.563. The third-order valence-electron chi connectivity index (χ3n) is 5.18. The Morgan fingerprint density at radius 2 is 1.81 bits per heavy atom. The second kappa shape index (κ2) is 6.83. The van der Waals surface area contributed by atoms with Crippen LogP contribution in [0, 0.1) is 20.8 Å². The Kier molecular flexibility index (Phi) is 4.36. The van der Waals surface area contributed by atoms with Gasteiger partial charge in [0.15, 0.2) is 5.82 Å². The third kappa shape index (κ3) is 3.16. The number of hydrogen-bond acceptors (Lipinski definition) is 4. The first kappa shape index (κ1) is 17.2. The van der Waals surface area contributed by atoms with E-state index in [9.17, 15) is 0 Å². The molecule has 0 saturated heterocycles. The third-order valence-corrected chi connectivity index (χ3v) is 5.18. The summed E-state index contributed by atoms with van der Waals surface area (Å²) in [5.41, 5.74) is 5.79. The Hall–Kier alpha value is -3.21. The molecule has 2 aromatic heterocycles. The molecule has 0 bridgehead atoms. The summed E-state index contributed by atoms with van der Waals surface area (Å²) in [4.78, 5) is 0. The first-order chi connectivity index (χ1) is 13.0. The molecule has 0 unspecified atom stereocenters. The fourth-order valence-corrected chi connectivity index (χ4v) is 3.47. The van der Waals surface area contributed by atoms with E-state index in [0.29, 0.717) is 0 Å². The second-order valence-corrected chi connectivity index (χ2v) is 6.97. The van der Waals surface area contributed by atoms with Crippen LogP contribution in [-0.2, 0) is 0 Å². The predicted molar refractivity (Wildman–Crippen MR) is 109 cm³/mol. The molecule has 4 rings (SSSR count). The molecule has 2 heterocycles. The summed E-state index contributed by atoms with van der Waals surface area (Å²) >= 11 is 0. The minimum Gasteiger partial charge on any atom is -0.362 e. The van der Waals surface area contributed by atoms with E-state index in [2.05, 4.69) is 77.8 Å². The van der Waals surface area contributed by atoms with Crippen LogP contribution in [0.2, 0.25) is 0 Å². The molecule has 2 aromatic carbocycles. The molecule has 0 amide bonds. The monoisotopic (exact) mass is 357 g/mol. The van der Waals surface area contributed by atoms with Crippen molar-refractivity contribution >= 4 is 16.6 Å². The van der Waals surface area contributed by atoms with Gasteiger partial charge in [0.1, 0.15) is 0 Å². The van der Waals surface area contributed by atoms with Crippen molar-refractivity contribution < 1.29 is 0 Å². The van der Waals surface area contributed by atoms with Gasteiger partial charge in [-0.25, -0.2) is 4.68 Å². The van der Waals surface area contributed by atoms with Crippen molar-refractivity contribution in [3.8, 4) is 5.69 Å². The summed E-state index contributed by atoms with van der Waals surface area (Å²) in [6, 6.07) is 14.7. The van der Waals surface area contributed by atoms with Gasteiger partial charge in [-0.3, -0.25) is 0 Å². The predicted octanol–water partition coefficient (Wildman–Crippen LogP) is 4.91. The van der Waals surface area contributed by atoms with Crippen molar-refractivity contribution in [1.82, 2.24) is 20.0 Å². The highest BCUT2D eigenvalue weighted by Gasteiger charge is 2.14. The van der Waals surface area contributed by atoms with Gasteiger partial charge in [-0.05, 0) is 62.6 Å². The number of anilines is 1. The molecule has 0 radical (unpaired) electrons. The minimum absolute atomic E-state index is 0.124. The van der Waals surface area contributed by atoms with Gasteiger partial charge in [0.25, 0.3) is 0 Å². The molecule has 1 N–H and O–H groups in total. The first-order valence-corrected chi connectivity index (χ1v) is 9.14. The van der Waals surface area contributed by atoms with Crippen molar-refractivity contribution in [2.75, 3.05) is 5.32 Å². The Balaban J connectivity index is 1.78. The number of fused-ring (bicyclic) bond motifs is 1. The van der Waals surface area contributed by atoms with Crippen molar-refractivity contribution in [2.45, 2.75) is 33.7 Å². The molecule has 0 aliphatic carbocycles. The molecule has 5 nitrogen and oxygen atoms in total. The maximum absolute atomic E-state index is 4.46. The Morgan fingerprint density at radius 3 is 2.59 bits per heavy atom. The highest BCUT2D eigenvalue weighted by molar-refractivity contribution is 5.94. The summed E-state index contributed by atoms with van der Waals surface area (Å²) in [6.45, 7) is 8.45. The minimum atomic E-state index is 0.124. The Morgan fingerprint density at radius 1 is 0.963 bits per heavy atom. The molecule has 5 heteroatoms. The van der Waals surface area contributed by atoms with Crippen molar-refractivity contribution in [3.05, 3.63) is 77.2 Å². The fourth-order valence-electron chi connectivity index (χ4n) is 3.47. The van der Waals surface area contributed by atoms with E-state index >= 15 is 0 Å². The highest BCUT2D eigenvalue weighted by atomic mass is 15.3. The number of benzene rings is 2. The van der Waals surface area contributed by atoms with Crippen LogP contribution in [0.4, 0.5) is 5.82 Å². The topological polar surface area (TPSA) is 55.6 Å². The van der Waals surface area contributed by atoms with E-state index in [4.69, 9.17) is 0 Å². The molecule has 0 fully saturated rings. The van der Waals surface area contributed by atoms with Gasteiger partial charge in [0.05, 0.1) is 17.4 Å². The zero-order chi connectivity index (χ0) is 19.0. The van der Waals surface area contributed by atoms with Crippen LogP contribution in [0.1, 0.15) is 35.3 Å². The molecule has 0 aliphatic heterocycles. The van der Waals surface area contributed by atoms with Crippen LogP contribution in [0.3, 0.4) is 0 Å². The lowest BCUT2D eigenvalue weighted by atomic mass is 9.98. The second-order valence-electron chi connectivity index (χ2n) is 6.97. The lowest BCUT2D eigenvalue weighted by Crippen LogP contribution is -2.11. The van der Waals surface area contributed by atoms with E-state index in [0.717, 1.165) is 28.0 Å². The Bertz CT molecular complexity index is 1100. The van der Waals surface area contributed by atoms with Gasteiger partial charge in [-0.1, -0.05) is 24.3 Å². The van der Waals surface area contributed by atoms with Crippen molar-refractivity contribution in [2.24, 2.45) is 0 Å². The van der Waals surface area contributed by atoms with Crippen molar-refractivity contribution in [1.29, 1.82) is 0 Å². The first-order valence-electron chi connectivity index (χ1n) is 9.14. The lowest BCUT2D eigenvalue weighted by molar-refractivity contribution is 0.850. The van der Waals surface area contributed by atoms with Gasteiger partial charge in [-0.15, -0.1) is 5.10 Å². The molecule has 0 saturated carbocycles. The average molecular weight is 357 g/mol. The Labute approximate surface area is 159 Å². The standard InChI is InChI=1S/C22H23N5/c1-14-7-5-8-19(15(14)2)16(3)24-22-21-13-18(27-12-6-11-23-27)9-10-20(21)17(4)25-26-22/h5-13,16H,1-4H3,(H,24,26)/t16-/m1/s1. The van der Waals surface area contributed by atoms with Crippen LogP contribution in [0.5, 0.6) is 0 Å². The van der Waals surface area contributed by atoms with Gasteiger partial charge in [-0.2, -0.15) is 10.2 Å². The highest BCUT2D eigenvalue weighted by Crippen LogP contribution is 2.29. The molecule has 0 spiro atoms. The van der Waals surface area contributed by atoms with E-state index < -0.39 is 0 Å². The summed E-state index contributed by atoms with van der Waals surface area (Å²) in [5, 5.41) is 18.9. The van der Waals surface area contributed by atoms with Gasteiger partial charge in [0.2, 0.25) is 0 Å². The van der Waals surface area contributed by atoms with Crippen LogP contribution < -0.4 is 5.32 Å². The molecule has 4 aromatic rings. The van der Waals surface area contributed by atoms with Crippen molar-refractivity contribution in [3.63, 3.8) is 0 Å². The van der Waals surface area contributed by atoms with E-state index in [1.165, 1.54) is 16.7 Å².